The number of hydroxylamine groups is 1. The second-order valence-corrected chi connectivity index (χ2v) is 10.7. The zero-order valence-electron chi connectivity index (χ0n) is 18.1. The summed E-state index contributed by atoms with van der Waals surface area (Å²) in [5.41, 5.74) is 0.0335. The van der Waals surface area contributed by atoms with Crippen molar-refractivity contribution < 1.29 is 17.9 Å². The average Bonchev–Trinajstić information content (AvgIpc) is 3.10. The van der Waals surface area contributed by atoms with Crippen LogP contribution in [0.25, 0.3) is 0 Å². The molecule has 170 valence electrons. The molecule has 0 radical (unpaired) electrons. The number of carbonyl (C=O) groups is 1. The molecule has 1 saturated carbocycles. The Kier molecular flexibility index (Phi) is 6.63. The Hall–Kier alpha value is -1.85. The van der Waals surface area contributed by atoms with Crippen LogP contribution in [-0.4, -0.2) is 54.0 Å². The molecule has 11 heteroatoms. The van der Waals surface area contributed by atoms with Crippen LogP contribution in [0.1, 0.15) is 52.9 Å². The summed E-state index contributed by atoms with van der Waals surface area (Å²) in [6.07, 6.45) is 6.61. The highest BCUT2D eigenvalue weighted by molar-refractivity contribution is 7.91. The lowest BCUT2D eigenvalue weighted by Crippen LogP contribution is -2.57. The highest BCUT2D eigenvalue weighted by Gasteiger charge is 2.40. The quantitative estimate of drug-likeness (QED) is 0.699. The number of carbonyl (C=O) groups excluding carboxylic acids is 1. The van der Waals surface area contributed by atoms with Crippen molar-refractivity contribution in [2.24, 2.45) is 18.4 Å². The van der Waals surface area contributed by atoms with Crippen LogP contribution in [-0.2, 0) is 22.0 Å². The van der Waals surface area contributed by atoms with E-state index < -0.39 is 26.8 Å². The number of rotatable bonds is 5. The summed E-state index contributed by atoms with van der Waals surface area (Å²) in [5, 5.41) is 19.6. The molecule has 0 aromatic carbocycles. The van der Waals surface area contributed by atoms with Gasteiger partial charge < -0.3 is 15.3 Å². The van der Waals surface area contributed by atoms with Gasteiger partial charge in [-0.05, 0) is 37.0 Å². The molecular formula is C19H32N5O5S-. The van der Waals surface area contributed by atoms with Gasteiger partial charge in [-0.25, -0.2) is 9.10 Å². The Morgan fingerprint density at radius 2 is 2.00 bits per heavy atom. The van der Waals surface area contributed by atoms with E-state index in [1.54, 1.807) is 7.05 Å². The molecule has 2 amide bonds. The lowest BCUT2D eigenvalue weighted by Gasteiger charge is -2.45. The first-order valence-electron chi connectivity index (χ1n) is 10.4. The van der Waals surface area contributed by atoms with Crippen molar-refractivity contribution in [3.05, 3.63) is 17.6 Å². The molecule has 1 N–H and O–H groups in total. The summed E-state index contributed by atoms with van der Waals surface area (Å²) < 4.78 is 33.9. The van der Waals surface area contributed by atoms with Gasteiger partial charge in [-0.3, -0.25) is 9.15 Å². The normalized spacial score (nSPS) is 25.0. The van der Waals surface area contributed by atoms with E-state index in [0.29, 0.717) is 26.1 Å². The molecule has 1 aliphatic heterocycles. The van der Waals surface area contributed by atoms with Crippen molar-refractivity contribution in [3.8, 4) is 0 Å². The smallest absolute Gasteiger partial charge is 0.322 e. The number of hydrogen-bond acceptors (Lipinski definition) is 6. The molecule has 1 aromatic rings. The third kappa shape index (κ3) is 4.57. The van der Waals surface area contributed by atoms with Gasteiger partial charge in [-0.15, -0.1) is 0 Å². The Labute approximate surface area is 178 Å². The monoisotopic (exact) mass is 442 g/mol. The van der Waals surface area contributed by atoms with Gasteiger partial charge >= 0.3 is 16.2 Å². The van der Waals surface area contributed by atoms with Crippen LogP contribution in [0, 0.1) is 16.5 Å². The summed E-state index contributed by atoms with van der Waals surface area (Å²) in [6.45, 7) is 6.84. The largest absolute Gasteiger partial charge is 0.740 e. The Morgan fingerprint density at radius 1 is 1.33 bits per heavy atom. The molecule has 2 unspecified atom stereocenters. The van der Waals surface area contributed by atoms with Crippen molar-refractivity contribution in [1.82, 2.24) is 19.6 Å². The fraction of sp³-hybridized carbons (Fsp3) is 0.789. The van der Waals surface area contributed by atoms with Crippen molar-refractivity contribution in [2.45, 2.75) is 65.0 Å². The van der Waals surface area contributed by atoms with Crippen LogP contribution in [0.3, 0.4) is 0 Å². The van der Waals surface area contributed by atoms with E-state index in [9.17, 15) is 18.4 Å². The minimum Gasteiger partial charge on any atom is -0.740 e. The van der Waals surface area contributed by atoms with E-state index in [-0.39, 0.29) is 23.1 Å². The molecule has 1 aliphatic carbocycles. The van der Waals surface area contributed by atoms with E-state index in [0.717, 1.165) is 23.6 Å². The molecule has 0 bridgehead atoms. The van der Waals surface area contributed by atoms with Gasteiger partial charge in [0.1, 0.15) is 0 Å². The third-order valence-corrected chi connectivity index (χ3v) is 7.85. The maximum absolute atomic E-state index is 13.3. The second-order valence-electron chi connectivity index (χ2n) is 9.03. The zero-order chi connectivity index (χ0) is 22.1. The lowest BCUT2D eigenvalue weighted by molar-refractivity contribution is 0.0873. The van der Waals surface area contributed by atoms with Crippen molar-refractivity contribution in [3.63, 3.8) is 0 Å². The van der Waals surface area contributed by atoms with Gasteiger partial charge in [-0.1, -0.05) is 27.2 Å². The summed E-state index contributed by atoms with van der Waals surface area (Å²) in [5.74, 6) is 0.152. The molecule has 10 nitrogen and oxygen atoms in total. The summed E-state index contributed by atoms with van der Waals surface area (Å²) in [4.78, 5) is 12.8. The lowest BCUT2D eigenvalue weighted by atomic mass is 9.68. The number of anilines is 1. The molecule has 2 heterocycles. The molecule has 1 aromatic heterocycles. The predicted octanol–water partition coefficient (Wildman–Crippen LogP) is 2.37. The molecule has 3 rings (SSSR count). The van der Waals surface area contributed by atoms with Gasteiger partial charge in [0.05, 0.1) is 17.9 Å². The average molecular weight is 443 g/mol. The number of nitrogens with one attached hydrogen (secondary N) is 1. The molecule has 2 atom stereocenters. The van der Waals surface area contributed by atoms with Gasteiger partial charge in [-0.2, -0.15) is 13.5 Å². The molecule has 2 fully saturated rings. The van der Waals surface area contributed by atoms with Gasteiger partial charge in [0.2, 0.25) is 0 Å². The molecule has 30 heavy (non-hydrogen) atoms. The number of hydrogen-bond donors (Lipinski definition) is 1. The van der Waals surface area contributed by atoms with Gasteiger partial charge in [0.15, 0.2) is 0 Å². The number of aryl methyl sites for hydroxylation is 1. The van der Waals surface area contributed by atoms with E-state index >= 15 is 0 Å². The Morgan fingerprint density at radius 3 is 2.57 bits per heavy atom. The third-order valence-electron chi connectivity index (χ3n) is 6.26. The summed E-state index contributed by atoms with van der Waals surface area (Å²) in [6, 6.07) is -1.91. The maximum Gasteiger partial charge on any atom is 0.322 e. The standard InChI is InChI=1S/C19H32N5O5S/c1-14-6-5-9-19(2,3)17(14)21-18(25)24(26)30(27,28)23(15-7-10-29-11-8-15)16-12-20-22(4)13-16/h12-15,17H,5-11H2,1-4H3,(H,21,25)/q-1. The number of aromatic nitrogens is 2. The molecular weight excluding hydrogens is 410 g/mol. The van der Waals surface area contributed by atoms with E-state index in [4.69, 9.17) is 4.74 Å². The number of amides is 2. The van der Waals surface area contributed by atoms with Crippen LogP contribution in [0.4, 0.5) is 10.5 Å². The fourth-order valence-corrected chi connectivity index (χ4v) is 6.02. The van der Waals surface area contributed by atoms with E-state index in [1.165, 1.54) is 17.1 Å². The molecule has 1 saturated heterocycles. The van der Waals surface area contributed by atoms with Crippen LogP contribution in [0.2, 0.25) is 0 Å². The first-order chi connectivity index (χ1) is 14.0. The van der Waals surface area contributed by atoms with Gasteiger partial charge in [0.25, 0.3) is 0 Å². The minimum atomic E-state index is -4.65. The number of ether oxygens (including phenoxy) is 1. The highest BCUT2D eigenvalue weighted by atomic mass is 32.2. The Bertz CT molecular complexity index is 849. The minimum absolute atomic E-state index is 0.152. The molecule has 0 spiro atoms. The van der Waals surface area contributed by atoms with Gasteiger partial charge in [0, 0.05) is 32.5 Å². The highest BCUT2D eigenvalue weighted by Crippen LogP contribution is 2.39. The first-order valence-corrected chi connectivity index (χ1v) is 11.8. The van der Waals surface area contributed by atoms with Crippen molar-refractivity contribution in [2.75, 3.05) is 17.5 Å². The SMILES string of the molecule is CC1CCCC(C)(C)C1NC(=O)N([O-])S(=O)(=O)N(c1cnn(C)c1)C1CCOCC1. The van der Waals surface area contributed by atoms with E-state index in [2.05, 4.69) is 10.4 Å². The van der Waals surface area contributed by atoms with Crippen LogP contribution >= 0.6 is 0 Å². The zero-order valence-corrected chi connectivity index (χ0v) is 18.9. The first kappa shape index (κ1) is 22.8. The fourth-order valence-electron chi connectivity index (χ4n) is 4.65. The predicted molar refractivity (Wildman–Crippen MR) is 113 cm³/mol. The van der Waals surface area contributed by atoms with Crippen LogP contribution in [0.5, 0.6) is 0 Å². The summed E-state index contributed by atoms with van der Waals surface area (Å²) in [7, 11) is -3.00. The van der Waals surface area contributed by atoms with Crippen LogP contribution in [0.15, 0.2) is 12.4 Å². The van der Waals surface area contributed by atoms with E-state index in [1.807, 2.05) is 20.8 Å². The molecule has 2 aliphatic rings. The second kappa shape index (κ2) is 8.72. The maximum atomic E-state index is 13.3. The summed E-state index contributed by atoms with van der Waals surface area (Å²) >= 11 is 0. The topological polar surface area (TPSA) is 120 Å². The Balaban J connectivity index is 1.85. The van der Waals surface area contributed by atoms with Crippen molar-refractivity contribution >= 4 is 21.9 Å². The number of urea groups is 1. The number of nitrogens with zero attached hydrogens (tertiary/aromatic N) is 4. The van der Waals surface area contributed by atoms with Crippen LogP contribution < -0.4 is 9.62 Å². The van der Waals surface area contributed by atoms with Crippen molar-refractivity contribution in [1.29, 1.82) is 0 Å².